The van der Waals surface area contributed by atoms with Crippen LogP contribution in [0.2, 0.25) is 5.02 Å². The van der Waals surface area contributed by atoms with Gasteiger partial charge in [-0.1, -0.05) is 17.7 Å². The van der Waals surface area contributed by atoms with Crippen LogP contribution in [0.1, 0.15) is 0 Å². The highest BCUT2D eigenvalue weighted by Crippen LogP contribution is 2.18. The van der Waals surface area contributed by atoms with Crippen LogP contribution in [0.3, 0.4) is 0 Å². The highest BCUT2D eigenvalue weighted by atomic mass is 35.5. The topological polar surface area (TPSA) is 63.0 Å². The Morgan fingerprint density at radius 1 is 1.00 bits per heavy atom. The summed E-state index contributed by atoms with van der Waals surface area (Å²) in [5.74, 6) is 6.60. The number of hydrogen-bond acceptors (Lipinski definition) is 4. The average Bonchev–Trinajstić information content (AvgIpc) is 2.32. The minimum absolute atomic E-state index is 0.610. The Hall–Kier alpha value is -1.78. The van der Waals surface area contributed by atoms with Crippen molar-refractivity contribution < 1.29 is 0 Å². The SMILES string of the molecule is NNc1cccc(Nc2ccc(Cl)cc2)n1. The van der Waals surface area contributed by atoms with Gasteiger partial charge in [0.15, 0.2) is 0 Å². The maximum atomic E-state index is 5.79. The maximum absolute atomic E-state index is 5.79. The number of rotatable bonds is 3. The molecule has 0 spiro atoms. The standard InChI is InChI=1S/C11H11ClN4/c12-8-4-6-9(7-5-8)14-10-2-1-3-11(15-10)16-13/h1-7H,13H2,(H2,14,15,16). The Kier molecular flexibility index (Phi) is 3.24. The molecule has 1 aromatic heterocycles. The van der Waals surface area contributed by atoms with Crippen LogP contribution < -0.4 is 16.6 Å². The van der Waals surface area contributed by atoms with E-state index in [1.54, 1.807) is 6.07 Å². The maximum Gasteiger partial charge on any atom is 0.142 e. The van der Waals surface area contributed by atoms with Crippen molar-refractivity contribution in [3.8, 4) is 0 Å². The highest BCUT2D eigenvalue weighted by molar-refractivity contribution is 6.30. The summed E-state index contributed by atoms with van der Waals surface area (Å²) in [6, 6.07) is 12.9. The molecule has 16 heavy (non-hydrogen) atoms. The molecule has 0 saturated heterocycles. The van der Waals surface area contributed by atoms with E-state index in [1.807, 2.05) is 36.4 Å². The average molecular weight is 235 g/mol. The van der Waals surface area contributed by atoms with Gasteiger partial charge >= 0.3 is 0 Å². The van der Waals surface area contributed by atoms with Crippen molar-refractivity contribution in [3.63, 3.8) is 0 Å². The lowest BCUT2D eigenvalue weighted by Gasteiger charge is -2.06. The summed E-state index contributed by atoms with van der Waals surface area (Å²) in [5.41, 5.74) is 3.41. The number of nitrogens with two attached hydrogens (primary N) is 1. The Bertz CT molecular complexity index is 470. The first-order chi connectivity index (χ1) is 7.78. The number of hydrogen-bond donors (Lipinski definition) is 3. The zero-order valence-electron chi connectivity index (χ0n) is 8.44. The number of halogens is 1. The fourth-order valence-corrected chi connectivity index (χ4v) is 1.39. The minimum atomic E-state index is 0.610. The second kappa shape index (κ2) is 4.83. The monoisotopic (exact) mass is 234 g/mol. The van der Waals surface area contributed by atoms with E-state index in [-0.39, 0.29) is 0 Å². The van der Waals surface area contributed by atoms with Crippen LogP contribution in [0, 0.1) is 0 Å². The lowest BCUT2D eigenvalue weighted by Crippen LogP contribution is -2.08. The lowest BCUT2D eigenvalue weighted by atomic mass is 10.3. The third-order valence-electron chi connectivity index (χ3n) is 2.01. The molecule has 5 heteroatoms. The highest BCUT2D eigenvalue weighted by Gasteiger charge is 1.97. The van der Waals surface area contributed by atoms with Crippen LogP contribution in [0.15, 0.2) is 42.5 Å². The van der Waals surface area contributed by atoms with Crippen molar-refractivity contribution in [2.45, 2.75) is 0 Å². The summed E-state index contributed by atoms with van der Waals surface area (Å²) in [4.78, 5) is 4.23. The zero-order chi connectivity index (χ0) is 11.4. The predicted molar refractivity (Wildman–Crippen MR) is 66.8 cm³/mol. The Morgan fingerprint density at radius 3 is 2.38 bits per heavy atom. The number of hydrazine groups is 1. The van der Waals surface area contributed by atoms with Crippen molar-refractivity contribution in [1.82, 2.24) is 4.98 Å². The van der Waals surface area contributed by atoms with Crippen LogP contribution in [-0.4, -0.2) is 4.98 Å². The van der Waals surface area contributed by atoms with Gasteiger partial charge in [-0.25, -0.2) is 10.8 Å². The molecular formula is C11H11ClN4. The van der Waals surface area contributed by atoms with Crippen molar-refractivity contribution in [2.24, 2.45) is 5.84 Å². The molecule has 0 radical (unpaired) electrons. The second-order valence-electron chi connectivity index (χ2n) is 3.18. The van der Waals surface area contributed by atoms with Gasteiger partial charge in [0, 0.05) is 10.7 Å². The predicted octanol–water partition coefficient (Wildman–Crippen LogP) is 2.76. The van der Waals surface area contributed by atoms with E-state index >= 15 is 0 Å². The molecule has 2 aromatic rings. The number of nitrogens with zero attached hydrogens (tertiary/aromatic N) is 1. The van der Waals surface area contributed by atoms with Gasteiger partial charge in [0.2, 0.25) is 0 Å². The minimum Gasteiger partial charge on any atom is -0.340 e. The van der Waals surface area contributed by atoms with E-state index in [4.69, 9.17) is 17.4 Å². The molecule has 0 aliphatic carbocycles. The molecule has 4 N–H and O–H groups in total. The summed E-state index contributed by atoms with van der Waals surface area (Å²) in [6.07, 6.45) is 0. The summed E-state index contributed by atoms with van der Waals surface area (Å²) < 4.78 is 0. The molecule has 2 rings (SSSR count). The van der Waals surface area contributed by atoms with Gasteiger partial charge in [-0.3, -0.25) is 0 Å². The van der Waals surface area contributed by atoms with Crippen molar-refractivity contribution >= 4 is 28.9 Å². The molecule has 0 fully saturated rings. The number of pyridine rings is 1. The van der Waals surface area contributed by atoms with Crippen LogP contribution in [0.4, 0.5) is 17.3 Å². The van der Waals surface area contributed by atoms with Crippen LogP contribution >= 0.6 is 11.6 Å². The van der Waals surface area contributed by atoms with Crippen LogP contribution in [-0.2, 0) is 0 Å². The first-order valence-corrected chi connectivity index (χ1v) is 5.12. The fraction of sp³-hybridized carbons (Fsp3) is 0. The fourth-order valence-electron chi connectivity index (χ4n) is 1.27. The third-order valence-corrected chi connectivity index (χ3v) is 2.27. The summed E-state index contributed by atoms with van der Waals surface area (Å²) in [5, 5.41) is 3.85. The van der Waals surface area contributed by atoms with Crippen molar-refractivity contribution in [2.75, 3.05) is 10.7 Å². The molecule has 0 unspecified atom stereocenters. The molecule has 4 nitrogen and oxygen atoms in total. The molecule has 1 aromatic carbocycles. The molecular weight excluding hydrogens is 224 g/mol. The van der Waals surface area contributed by atoms with E-state index in [9.17, 15) is 0 Å². The lowest BCUT2D eigenvalue weighted by molar-refractivity contribution is 1.22. The molecule has 0 aliphatic rings. The molecule has 0 saturated carbocycles. The first kappa shape index (κ1) is 10.7. The van der Waals surface area contributed by atoms with Crippen LogP contribution in [0.25, 0.3) is 0 Å². The largest absolute Gasteiger partial charge is 0.340 e. The molecule has 0 bridgehead atoms. The van der Waals surface area contributed by atoms with E-state index in [0.29, 0.717) is 10.8 Å². The number of nitrogen functional groups attached to an aromatic ring is 1. The van der Waals surface area contributed by atoms with E-state index in [1.165, 1.54) is 0 Å². The van der Waals surface area contributed by atoms with E-state index < -0.39 is 0 Å². The summed E-state index contributed by atoms with van der Waals surface area (Å²) >= 11 is 5.79. The Morgan fingerprint density at radius 2 is 1.69 bits per heavy atom. The number of benzene rings is 1. The Balaban J connectivity index is 2.16. The van der Waals surface area contributed by atoms with Gasteiger partial charge < -0.3 is 10.7 Å². The number of nitrogens with one attached hydrogen (secondary N) is 2. The number of anilines is 3. The normalized spacial score (nSPS) is 9.88. The van der Waals surface area contributed by atoms with E-state index in [0.717, 1.165) is 11.5 Å². The smallest absolute Gasteiger partial charge is 0.142 e. The molecule has 0 amide bonds. The first-order valence-electron chi connectivity index (χ1n) is 4.74. The second-order valence-corrected chi connectivity index (χ2v) is 3.62. The van der Waals surface area contributed by atoms with Gasteiger partial charge in [0.05, 0.1) is 0 Å². The van der Waals surface area contributed by atoms with Gasteiger partial charge in [-0.05, 0) is 36.4 Å². The van der Waals surface area contributed by atoms with Crippen molar-refractivity contribution in [1.29, 1.82) is 0 Å². The van der Waals surface area contributed by atoms with E-state index in [2.05, 4.69) is 15.7 Å². The zero-order valence-corrected chi connectivity index (χ0v) is 9.20. The molecule has 1 heterocycles. The van der Waals surface area contributed by atoms with Gasteiger partial charge in [-0.15, -0.1) is 0 Å². The quantitative estimate of drug-likeness (QED) is 0.565. The van der Waals surface area contributed by atoms with Gasteiger partial charge in [-0.2, -0.15) is 0 Å². The summed E-state index contributed by atoms with van der Waals surface area (Å²) in [6.45, 7) is 0. The van der Waals surface area contributed by atoms with Crippen molar-refractivity contribution in [3.05, 3.63) is 47.5 Å². The third kappa shape index (κ3) is 2.62. The molecule has 0 aliphatic heterocycles. The van der Waals surface area contributed by atoms with Gasteiger partial charge in [0.1, 0.15) is 11.6 Å². The number of aromatic nitrogens is 1. The van der Waals surface area contributed by atoms with Crippen LogP contribution in [0.5, 0.6) is 0 Å². The summed E-state index contributed by atoms with van der Waals surface area (Å²) in [7, 11) is 0. The van der Waals surface area contributed by atoms with Gasteiger partial charge in [0.25, 0.3) is 0 Å². The molecule has 82 valence electrons. The molecule has 0 atom stereocenters. The Labute approximate surface area is 98.4 Å².